The molecule has 8 rings (SSSR count). The number of nitrogens with zero attached hydrogens (tertiary/aromatic N) is 5. The van der Waals surface area contributed by atoms with Crippen LogP contribution in [0.15, 0.2) is 54.6 Å². The van der Waals surface area contributed by atoms with Crippen LogP contribution in [0, 0.1) is 33.9 Å². The third-order valence-corrected chi connectivity index (χ3v) is 13.3. The predicted octanol–water partition coefficient (Wildman–Crippen LogP) is 5.01. The summed E-state index contributed by atoms with van der Waals surface area (Å²) in [7, 11) is 0. The third kappa shape index (κ3) is 7.29. The van der Waals surface area contributed by atoms with Crippen LogP contribution in [-0.2, 0) is 9.59 Å². The first kappa shape index (κ1) is 40.3. The number of amides is 5. The fourth-order valence-electron chi connectivity index (χ4n) is 10.1. The average molecular weight is 824 g/mol. The zero-order chi connectivity index (χ0) is 42.0. The average Bonchev–Trinajstić information content (AvgIpc) is 3.77. The molecule has 4 fully saturated rings. The Morgan fingerprint density at radius 2 is 1.59 bits per heavy atom. The lowest BCUT2D eigenvalue weighted by atomic mass is 9.49. The molecule has 0 spiro atoms. The second-order valence-corrected chi connectivity index (χ2v) is 17.9. The number of anilines is 2. The molecule has 15 heteroatoms. The van der Waals surface area contributed by atoms with Gasteiger partial charge in [-0.1, -0.05) is 39.3 Å². The van der Waals surface area contributed by atoms with Crippen LogP contribution in [0.2, 0.25) is 5.02 Å². The quantitative estimate of drug-likeness (QED) is 0.282. The fourth-order valence-corrected chi connectivity index (χ4v) is 10.3. The van der Waals surface area contributed by atoms with E-state index in [2.05, 4.69) is 54.2 Å². The van der Waals surface area contributed by atoms with Crippen LogP contribution in [0.3, 0.4) is 0 Å². The van der Waals surface area contributed by atoms with Gasteiger partial charge in [0.05, 0.1) is 27.4 Å². The minimum Gasteiger partial charge on any atom is -0.489 e. The van der Waals surface area contributed by atoms with E-state index in [0.29, 0.717) is 54.0 Å². The van der Waals surface area contributed by atoms with Crippen LogP contribution in [-0.4, -0.2) is 103 Å². The van der Waals surface area contributed by atoms with E-state index in [9.17, 15) is 29.2 Å². The van der Waals surface area contributed by atoms with Crippen LogP contribution in [0.1, 0.15) is 83.6 Å². The summed E-state index contributed by atoms with van der Waals surface area (Å²) in [6, 6.07) is 16.1. The van der Waals surface area contributed by atoms with Crippen molar-refractivity contribution in [1.82, 2.24) is 20.4 Å². The number of halogens is 2. The molecule has 5 amide bonds. The number of nitrogens with one attached hydrogen (secondary N) is 2. The van der Waals surface area contributed by atoms with Crippen LogP contribution in [0.5, 0.6) is 5.75 Å². The Morgan fingerprint density at radius 3 is 2.24 bits per heavy atom. The first-order valence-corrected chi connectivity index (χ1v) is 20.5. The van der Waals surface area contributed by atoms with E-state index in [1.54, 1.807) is 18.2 Å². The van der Waals surface area contributed by atoms with Gasteiger partial charge in [-0.05, 0) is 67.3 Å². The van der Waals surface area contributed by atoms with Crippen molar-refractivity contribution in [3.63, 3.8) is 0 Å². The first-order valence-electron chi connectivity index (χ1n) is 20.1. The van der Waals surface area contributed by atoms with Gasteiger partial charge in [-0.25, -0.2) is 4.39 Å². The fraction of sp³-hybridized carbons (Fsp3) is 0.455. The van der Waals surface area contributed by atoms with E-state index < -0.39 is 35.5 Å². The van der Waals surface area contributed by atoms with Crippen molar-refractivity contribution in [1.29, 1.82) is 5.26 Å². The molecule has 59 heavy (non-hydrogen) atoms. The van der Waals surface area contributed by atoms with Gasteiger partial charge in [-0.3, -0.25) is 39.1 Å². The number of benzene rings is 3. The lowest BCUT2D eigenvalue weighted by molar-refractivity contribution is -0.164. The number of hydrogen-bond acceptors (Lipinski definition) is 10. The molecule has 4 aliphatic heterocycles. The summed E-state index contributed by atoms with van der Waals surface area (Å²) in [5.41, 5.74) is 1.53. The molecule has 2 atom stereocenters. The summed E-state index contributed by atoms with van der Waals surface area (Å²) in [5, 5.41) is 15.0. The molecular formula is C44H47ClFN7O6. The summed E-state index contributed by atoms with van der Waals surface area (Å²) in [6.45, 7) is 13.5. The number of carbonyl (C=O) groups is 5. The summed E-state index contributed by atoms with van der Waals surface area (Å²) >= 11 is 6.25. The van der Waals surface area contributed by atoms with Crippen LogP contribution >= 0.6 is 11.6 Å². The number of imide groups is 2. The number of carbonyl (C=O) groups excluding carboxylic acids is 5. The number of rotatable bonds is 9. The van der Waals surface area contributed by atoms with Gasteiger partial charge in [-0.15, -0.1) is 0 Å². The second kappa shape index (κ2) is 15.3. The van der Waals surface area contributed by atoms with E-state index in [-0.39, 0.29) is 58.5 Å². The molecule has 4 heterocycles. The predicted molar refractivity (Wildman–Crippen MR) is 218 cm³/mol. The largest absolute Gasteiger partial charge is 0.489 e. The highest BCUT2D eigenvalue weighted by Gasteiger charge is 2.64. The zero-order valence-corrected chi connectivity index (χ0v) is 34.3. The number of ether oxygens (including phenoxy) is 1. The van der Waals surface area contributed by atoms with Gasteiger partial charge in [0.15, 0.2) is 0 Å². The zero-order valence-electron chi connectivity index (χ0n) is 33.5. The van der Waals surface area contributed by atoms with Crippen molar-refractivity contribution in [2.24, 2.45) is 16.7 Å². The molecule has 5 aliphatic rings. The van der Waals surface area contributed by atoms with Gasteiger partial charge < -0.3 is 19.9 Å². The maximum atomic E-state index is 15.5. The minimum atomic E-state index is -1.11. The number of hydrogen-bond donors (Lipinski definition) is 2. The maximum absolute atomic E-state index is 15.5. The monoisotopic (exact) mass is 823 g/mol. The number of fused-ring (bicyclic) bond motifs is 1. The third-order valence-electron chi connectivity index (χ3n) is 12.9. The highest BCUT2D eigenvalue weighted by Crippen LogP contribution is 2.55. The van der Waals surface area contributed by atoms with Gasteiger partial charge in [0.1, 0.15) is 29.8 Å². The highest BCUT2D eigenvalue weighted by atomic mass is 35.5. The lowest BCUT2D eigenvalue weighted by Gasteiger charge is -2.63. The molecule has 3 saturated heterocycles. The summed E-state index contributed by atoms with van der Waals surface area (Å²) in [6.07, 6.45) is 0.867. The lowest BCUT2D eigenvalue weighted by Crippen LogP contribution is -2.74. The second-order valence-electron chi connectivity index (χ2n) is 17.5. The van der Waals surface area contributed by atoms with Gasteiger partial charge in [0.25, 0.3) is 17.7 Å². The van der Waals surface area contributed by atoms with E-state index in [0.717, 1.165) is 42.7 Å². The summed E-state index contributed by atoms with van der Waals surface area (Å²) in [5.74, 6) is -2.27. The van der Waals surface area contributed by atoms with E-state index in [1.807, 2.05) is 29.2 Å². The van der Waals surface area contributed by atoms with Crippen LogP contribution < -0.4 is 25.2 Å². The Hall–Kier alpha value is -5.52. The van der Waals surface area contributed by atoms with Crippen molar-refractivity contribution < 1.29 is 33.1 Å². The normalized spacial score (nSPS) is 25.0. The number of nitriles is 1. The van der Waals surface area contributed by atoms with E-state index >= 15 is 4.39 Å². The molecular weight excluding hydrogens is 777 g/mol. The van der Waals surface area contributed by atoms with Gasteiger partial charge >= 0.3 is 0 Å². The Bertz CT molecular complexity index is 2270. The van der Waals surface area contributed by atoms with Gasteiger partial charge in [0.2, 0.25) is 11.8 Å². The van der Waals surface area contributed by atoms with E-state index in [4.69, 9.17) is 16.3 Å². The molecule has 3 aromatic carbocycles. The van der Waals surface area contributed by atoms with Gasteiger partial charge in [0, 0.05) is 86.4 Å². The SMILES string of the molecule is CC1(C)C(NC(=O)c2ccc(N3CCC(CN4CCN(c5cc6c(cc5F)C(=O)N(C5CCC(=O)NC5=O)C6=O)CC4)C3)cc2)C(C)(C)C1Oc1ccc(C#N)c(Cl)c1. The Labute approximate surface area is 347 Å². The summed E-state index contributed by atoms with van der Waals surface area (Å²) in [4.78, 5) is 71.5. The van der Waals surface area contributed by atoms with Crippen molar-refractivity contribution in [2.45, 2.75) is 65.1 Å². The summed E-state index contributed by atoms with van der Waals surface area (Å²) < 4.78 is 21.8. The first-order chi connectivity index (χ1) is 28.1. The van der Waals surface area contributed by atoms with Gasteiger partial charge in [-0.2, -0.15) is 5.26 Å². The molecule has 308 valence electrons. The smallest absolute Gasteiger partial charge is 0.262 e. The molecule has 0 aromatic heterocycles. The number of piperidine rings is 1. The Morgan fingerprint density at radius 1 is 0.915 bits per heavy atom. The van der Waals surface area contributed by atoms with Crippen molar-refractivity contribution in [3.05, 3.63) is 87.7 Å². The van der Waals surface area contributed by atoms with Crippen LogP contribution in [0.4, 0.5) is 15.8 Å². The molecule has 3 aromatic rings. The minimum absolute atomic E-state index is 0.0120. The highest BCUT2D eigenvalue weighted by molar-refractivity contribution is 6.31. The Kier molecular flexibility index (Phi) is 10.4. The van der Waals surface area contributed by atoms with Crippen molar-refractivity contribution in [3.8, 4) is 11.8 Å². The van der Waals surface area contributed by atoms with E-state index in [1.165, 1.54) is 6.07 Å². The Balaban J connectivity index is 0.819. The maximum Gasteiger partial charge on any atom is 0.262 e. The molecule has 2 unspecified atom stereocenters. The molecule has 13 nitrogen and oxygen atoms in total. The number of piperazine rings is 1. The topological polar surface area (TPSA) is 155 Å². The molecule has 0 bridgehead atoms. The van der Waals surface area contributed by atoms with Crippen molar-refractivity contribution in [2.75, 3.05) is 55.6 Å². The molecule has 1 aliphatic carbocycles. The van der Waals surface area contributed by atoms with Crippen molar-refractivity contribution >= 4 is 52.5 Å². The molecule has 1 saturated carbocycles. The standard InChI is InChI=1S/C44H47ClFN7O6/c1-43(2)41(44(3,4)42(43)59-29-10-7-27(22-47)32(45)19-29)49-37(55)26-5-8-28(9-6-26)52-14-13-25(24-52)23-50-15-17-51(18-16-50)35-21-31-30(20-33(35)46)39(57)53(40(31)58)34-11-12-36(54)48-38(34)56/h5-10,19-21,25,34,41-42H,11-18,23-24H2,1-4H3,(H,49,55)(H,48,54,56). The molecule has 0 radical (unpaired) electrons. The molecule has 2 N–H and O–H groups in total. The van der Waals surface area contributed by atoms with Crippen LogP contribution in [0.25, 0.3) is 0 Å².